The van der Waals surface area contributed by atoms with E-state index in [0.29, 0.717) is 29.1 Å². The molecule has 4 aromatic rings. The summed E-state index contributed by atoms with van der Waals surface area (Å²) in [6, 6.07) is 18.2. The van der Waals surface area contributed by atoms with Crippen LogP contribution < -0.4 is 10.5 Å². The first kappa shape index (κ1) is 16.0. The minimum atomic E-state index is -0.205. The number of fused-ring (bicyclic) bond motifs is 3. The van der Waals surface area contributed by atoms with E-state index in [0.717, 1.165) is 24.9 Å². The Bertz CT molecular complexity index is 1200. The Morgan fingerprint density at radius 1 is 1.07 bits per heavy atom. The van der Waals surface area contributed by atoms with Gasteiger partial charge < -0.3 is 14.3 Å². The van der Waals surface area contributed by atoms with E-state index in [1.54, 1.807) is 0 Å². The summed E-state index contributed by atoms with van der Waals surface area (Å²) < 4.78 is 5.67. The minimum Gasteiger partial charge on any atom is -0.449 e. The van der Waals surface area contributed by atoms with Gasteiger partial charge in [-0.25, -0.2) is 4.98 Å². The first-order valence-corrected chi connectivity index (χ1v) is 9.26. The van der Waals surface area contributed by atoms with Gasteiger partial charge in [-0.2, -0.15) is 0 Å². The van der Waals surface area contributed by atoms with Gasteiger partial charge in [0.2, 0.25) is 5.58 Å². The van der Waals surface area contributed by atoms with E-state index in [2.05, 4.69) is 35.3 Å². The van der Waals surface area contributed by atoms with Crippen LogP contribution in [-0.2, 0) is 6.54 Å². The molecule has 0 spiro atoms. The molecule has 1 aliphatic heterocycles. The van der Waals surface area contributed by atoms with Crippen LogP contribution in [0.5, 0.6) is 0 Å². The highest BCUT2D eigenvalue weighted by Crippen LogP contribution is 2.24. The summed E-state index contributed by atoms with van der Waals surface area (Å²) in [7, 11) is 0. The van der Waals surface area contributed by atoms with Gasteiger partial charge in [0, 0.05) is 11.8 Å². The Kier molecular flexibility index (Phi) is 3.87. The van der Waals surface area contributed by atoms with Crippen LogP contribution in [0.4, 0.5) is 0 Å². The fraction of sp³-hybridized carbons (Fsp3) is 0.182. The molecule has 5 heteroatoms. The summed E-state index contributed by atoms with van der Waals surface area (Å²) in [4.78, 5) is 21.4. The Labute approximate surface area is 156 Å². The maximum atomic E-state index is 12.4. The number of aromatic nitrogens is 2. The minimum absolute atomic E-state index is 0.205. The molecule has 0 fully saturated rings. The van der Waals surface area contributed by atoms with E-state index < -0.39 is 0 Å². The Hall–Kier alpha value is -3.18. The molecule has 0 aliphatic carbocycles. The number of H-pyrrole nitrogens is 1. The van der Waals surface area contributed by atoms with Crippen molar-refractivity contribution < 1.29 is 9.32 Å². The van der Waals surface area contributed by atoms with Gasteiger partial charge in [0.1, 0.15) is 17.6 Å². The number of nitrogens with one attached hydrogen (secondary N) is 2. The quantitative estimate of drug-likeness (QED) is 0.592. The topological polar surface area (TPSA) is 63.3 Å². The van der Waals surface area contributed by atoms with E-state index in [1.807, 2.05) is 30.3 Å². The Balaban J connectivity index is 1.41. The van der Waals surface area contributed by atoms with E-state index in [-0.39, 0.29) is 5.56 Å². The second-order valence-corrected chi connectivity index (χ2v) is 7.01. The predicted molar refractivity (Wildman–Crippen MR) is 106 cm³/mol. The van der Waals surface area contributed by atoms with Crippen LogP contribution in [-0.4, -0.2) is 23.1 Å². The smallest absolute Gasteiger partial charge is 0.294 e. The summed E-state index contributed by atoms with van der Waals surface area (Å²) in [6.45, 7) is 2.65. The SMILES string of the molecule is O=c1[nH]c(C[NH+]2CC=C(c3ccccc3)CC2)nc2c1oc1ccccc12. The third kappa shape index (κ3) is 2.96. The van der Waals surface area contributed by atoms with Gasteiger partial charge in [-0.15, -0.1) is 0 Å². The van der Waals surface area contributed by atoms with Crippen LogP contribution >= 0.6 is 0 Å². The van der Waals surface area contributed by atoms with Gasteiger partial charge in [0.25, 0.3) is 5.56 Å². The monoisotopic (exact) mass is 358 g/mol. The normalized spacial score (nSPS) is 17.3. The molecule has 2 aromatic carbocycles. The average molecular weight is 358 g/mol. The van der Waals surface area contributed by atoms with E-state index in [1.165, 1.54) is 16.0 Å². The number of furan rings is 1. The third-order valence-electron chi connectivity index (χ3n) is 5.23. The zero-order valence-corrected chi connectivity index (χ0v) is 14.9. The summed E-state index contributed by atoms with van der Waals surface area (Å²) in [5.41, 5.74) is 4.15. The maximum absolute atomic E-state index is 12.4. The lowest BCUT2D eigenvalue weighted by molar-refractivity contribution is -0.909. The van der Waals surface area contributed by atoms with Crippen molar-refractivity contribution in [2.75, 3.05) is 13.1 Å². The van der Waals surface area contributed by atoms with Crippen molar-refractivity contribution in [1.82, 2.24) is 9.97 Å². The van der Waals surface area contributed by atoms with Gasteiger partial charge in [-0.3, -0.25) is 4.79 Å². The molecule has 1 unspecified atom stereocenters. The molecule has 5 nitrogen and oxygen atoms in total. The number of hydrogen-bond acceptors (Lipinski definition) is 3. The molecule has 0 saturated carbocycles. The van der Waals surface area contributed by atoms with Gasteiger partial charge in [0.05, 0.1) is 13.1 Å². The standard InChI is InChI=1S/C22H19N3O2/c26-22-21-20(17-8-4-5-9-18(17)27-21)23-19(24-22)14-25-12-10-16(11-13-25)15-6-2-1-3-7-15/h1-10H,11-14H2,(H,23,24,26)/p+1. The zero-order valence-electron chi connectivity index (χ0n) is 14.9. The molecule has 0 amide bonds. The predicted octanol–water partition coefficient (Wildman–Crippen LogP) is 2.54. The number of rotatable bonds is 3. The number of nitrogens with zero attached hydrogens (tertiary/aromatic N) is 1. The summed E-state index contributed by atoms with van der Waals surface area (Å²) in [5.74, 6) is 0.714. The van der Waals surface area contributed by atoms with Crippen LogP contribution in [0, 0.1) is 0 Å². The molecule has 5 rings (SSSR count). The van der Waals surface area contributed by atoms with Gasteiger partial charge in [0.15, 0.2) is 5.82 Å². The molecule has 2 N–H and O–H groups in total. The highest BCUT2D eigenvalue weighted by Gasteiger charge is 2.19. The fourth-order valence-electron chi connectivity index (χ4n) is 3.83. The molecule has 0 saturated heterocycles. The summed E-state index contributed by atoms with van der Waals surface area (Å²) in [6.07, 6.45) is 3.33. The summed E-state index contributed by atoms with van der Waals surface area (Å²) >= 11 is 0. The molecule has 134 valence electrons. The molecule has 0 bridgehead atoms. The number of para-hydroxylation sites is 1. The first-order chi connectivity index (χ1) is 13.3. The van der Waals surface area contributed by atoms with E-state index in [4.69, 9.17) is 9.40 Å². The Morgan fingerprint density at radius 3 is 2.70 bits per heavy atom. The first-order valence-electron chi connectivity index (χ1n) is 9.26. The van der Waals surface area contributed by atoms with Crippen LogP contribution in [0.3, 0.4) is 0 Å². The van der Waals surface area contributed by atoms with Gasteiger partial charge >= 0.3 is 0 Å². The van der Waals surface area contributed by atoms with Crippen LogP contribution in [0.25, 0.3) is 27.6 Å². The number of quaternary nitrogens is 1. The number of hydrogen-bond donors (Lipinski definition) is 2. The Morgan fingerprint density at radius 2 is 1.89 bits per heavy atom. The van der Waals surface area contributed by atoms with Crippen LogP contribution in [0.2, 0.25) is 0 Å². The van der Waals surface area contributed by atoms with Gasteiger partial charge in [-0.05, 0) is 29.3 Å². The molecule has 1 atom stereocenters. The second-order valence-electron chi connectivity index (χ2n) is 7.01. The van der Waals surface area contributed by atoms with Crippen molar-refractivity contribution in [2.45, 2.75) is 13.0 Å². The maximum Gasteiger partial charge on any atom is 0.294 e. The molecule has 2 aromatic heterocycles. The lowest BCUT2D eigenvalue weighted by atomic mass is 10.00. The molecule has 1 aliphatic rings. The third-order valence-corrected chi connectivity index (χ3v) is 5.23. The molecule has 0 radical (unpaired) electrons. The van der Waals surface area contributed by atoms with Crippen molar-refractivity contribution >= 4 is 27.6 Å². The molecular weight excluding hydrogens is 338 g/mol. The largest absolute Gasteiger partial charge is 0.449 e. The molecule has 3 heterocycles. The van der Waals surface area contributed by atoms with Crippen molar-refractivity contribution in [1.29, 1.82) is 0 Å². The van der Waals surface area contributed by atoms with E-state index in [9.17, 15) is 4.79 Å². The van der Waals surface area contributed by atoms with Crippen LogP contribution in [0.15, 0.2) is 69.9 Å². The average Bonchev–Trinajstić information content (AvgIpc) is 3.09. The molecule has 27 heavy (non-hydrogen) atoms. The van der Waals surface area contributed by atoms with Crippen LogP contribution in [0.1, 0.15) is 17.8 Å². The summed E-state index contributed by atoms with van der Waals surface area (Å²) in [5, 5.41) is 0.889. The van der Waals surface area contributed by atoms with Crippen molar-refractivity contribution in [3.05, 3.63) is 82.4 Å². The highest BCUT2D eigenvalue weighted by atomic mass is 16.3. The van der Waals surface area contributed by atoms with Crippen molar-refractivity contribution in [3.63, 3.8) is 0 Å². The zero-order chi connectivity index (χ0) is 18.2. The van der Waals surface area contributed by atoms with E-state index >= 15 is 0 Å². The highest BCUT2D eigenvalue weighted by molar-refractivity contribution is 6.01. The lowest BCUT2D eigenvalue weighted by Crippen LogP contribution is -3.11. The number of aromatic amines is 1. The van der Waals surface area contributed by atoms with Crippen molar-refractivity contribution in [3.8, 4) is 0 Å². The van der Waals surface area contributed by atoms with Gasteiger partial charge in [-0.1, -0.05) is 42.5 Å². The fourth-order valence-corrected chi connectivity index (χ4v) is 3.83. The lowest BCUT2D eigenvalue weighted by Gasteiger charge is -2.23. The molecular formula is C22H20N3O2+. The van der Waals surface area contributed by atoms with Crippen molar-refractivity contribution in [2.24, 2.45) is 0 Å². The number of benzene rings is 2. The second kappa shape index (κ2) is 6.52.